The maximum Gasteiger partial charge on any atom is 0.291 e. The maximum atomic E-state index is 12.8. The van der Waals surface area contributed by atoms with Gasteiger partial charge in [0.2, 0.25) is 0 Å². The lowest BCUT2D eigenvalue weighted by Crippen LogP contribution is -2.29. The lowest BCUT2D eigenvalue weighted by Gasteiger charge is -2.24. The van der Waals surface area contributed by atoms with E-state index in [-0.39, 0.29) is 17.5 Å². The highest BCUT2D eigenvalue weighted by Gasteiger charge is 2.24. The average Bonchev–Trinajstić information content (AvgIpc) is 3.06. The third-order valence-corrected chi connectivity index (χ3v) is 4.93. The molecule has 6 heteroatoms. The van der Waals surface area contributed by atoms with E-state index < -0.39 is 0 Å². The Balaban J connectivity index is 1.93. The standard InChI is InChI=1S/C17H24N4O2/c1-12-15(18-16(22)14-10-7-11-19(14)2)17(23)21(20(12)3)13-8-5-4-6-9-13/h7,10-11,13H,4-6,8-9H2,1-3H3,(H,18,22). The van der Waals surface area contributed by atoms with Gasteiger partial charge >= 0.3 is 0 Å². The predicted molar refractivity (Wildman–Crippen MR) is 89.9 cm³/mol. The van der Waals surface area contributed by atoms with Gasteiger partial charge in [-0.1, -0.05) is 19.3 Å². The molecule has 0 aromatic carbocycles. The molecule has 0 unspecified atom stereocenters. The molecule has 1 aliphatic rings. The molecular formula is C17H24N4O2. The van der Waals surface area contributed by atoms with Crippen molar-refractivity contribution in [3.8, 4) is 0 Å². The molecule has 2 heterocycles. The van der Waals surface area contributed by atoms with Crippen molar-refractivity contribution in [1.29, 1.82) is 0 Å². The summed E-state index contributed by atoms with van der Waals surface area (Å²) in [6, 6.07) is 3.79. The minimum atomic E-state index is -0.251. The fraction of sp³-hybridized carbons (Fsp3) is 0.529. The van der Waals surface area contributed by atoms with Gasteiger partial charge in [0.15, 0.2) is 0 Å². The van der Waals surface area contributed by atoms with Crippen LogP contribution in [0.4, 0.5) is 5.69 Å². The van der Waals surface area contributed by atoms with Crippen molar-refractivity contribution in [3.05, 3.63) is 40.1 Å². The largest absolute Gasteiger partial charge is 0.347 e. The Bertz CT molecular complexity index is 775. The van der Waals surface area contributed by atoms with Gasteiger partial charge in [-0.15, -0.1) is 0 Å². The molecule has 0 spiro atoms. The van der Waals surface area contributed by atoms with E-state index >= 15 is 0 Å². The fourth-order valence-corrected chi connectivity index (χ4v) is 3.48. The second-order valence-electron chi connectivity index (χ2n) is 6.38. The van der Waals surface area contributed by atoms with Gasteiger partial charge in [-0.25, -0.2) is 4.68 Å². The molecule has 23 heavy (non-hydrogen) atoms. The lowest BCUT2D eigenvalue weighted by atomic mass is 9.96. The maximum absolute atomic E-state index is 12.8. The number of hydrogen-bond donors (Lipinski definition) is 1. The Morgan fingerprint density at radius 1 is 1.22 bits per heavy atom. The smallest absolute Gasteiger partial charge is 0.291 e. The number of amides is 1. The average molecular weight is 316 g/mol. The first-order chi connectivity index (χ1) is 11.0. The molecule has 1 aliphatic carbocycles. The SMILES string of the molecule is Cc1c(NC(=O)c2cccn2C)c(=O)n(C2CCCCC2)n1C. The highest BCUT2D eigenvalue weighted by Crippen LogP contribution is 2.28. The number of aryl methyl sites for hydroxylation is 1. The summed E-state index contributed by atoms with van der Waals surface area (Å²) in [7, 11) is 3.70. The molecule has 0 radical (unpaired) electrons. The van der Waals surface area contributed by atoms with Crippen LogP contribution in [0.3, 0.4) is 0 Å². The number of rotatable bonds is 3. The van der Waals surface area contributed by atoms with E-state index in [1.807, 2.05) is 42.6 Å². The summed E-state index contributed by atoms with van der Waals surface area (Å²) >= 11 is 0. The van der Waals surface area contributed by atoms with Gasteiger partial charge in [-0.2, -0.15) is 0 Å². The van der Waals surface area contributed by atoms with E-state index in [4.69, 9.17) is 0 Å². The first kappa shape index (κ1) is 15.6. The molecule has 124 valence electrons. The molecule has 2 aromatic rings. The highest BCUT2D eigenvalue weighted by molar-refractivity contribution is 6.03. The van der Waals surface area contributed by atoms with Gasteiger partial charge in [-0.3, -0.25) is 14.3 Å². The van der Waals surface area contributed by atoms with Crippen molar-refractivity contribution < 1.29 is 4.79 Å². The molecule has 2 aromatic heterocycles. The second-order valence-corrected chi connectivity index (χ2v) is 6.38. The van der Waals surface area contributed by atoms with E-state index in [1.54, 1.807) is 10.6 Å². The van der Waals surface area contributed by atoms with Crippen LogP contribution in [0.15, 0.2) is 23.1 Å². The molecule has 3 rings (SSSR count). The van der Waals surface area contributed by atoms with Gasteiger partial charge in [0.1, 0.15) is 11.4 Å². The molecule has 0 bridgehead atoms. The molecule has 1 N–H and O–H groups in total. The lowest BCUT2D eigenvalue weighted by molar-refractivity contribution is 0.101. The molecule has 1 saturated carbocycles. The van der Waals surface area contributed by atoms with Crippen LogP contribution in [0.5, 0.6) is 0 Å². The molecule has 0 atom stereocenters. The zero-order chi connectivity index (χ0) is 16.6. The van der Waals surface area contributed by atoms with Crippen LogP contribution in [0.1, 0.15) is 54.3 Å². The minimum Gasteiger partial charge on any atom is -0.347 e. The van der Waals surface area contributed by atoms with Crippen LogP contribution in [-0.2, 0) is 14.1 Å². The Hall–Kier alpha value is -2.24. The summed E-state index contributed by atoms with van der Waals surface area (Å²) in [6.45, 7) is 1.88. The number of nitrogens with zero attached hydrogens (tertiary/aromatic N) is 3. The Morgan fingerprint density at radius 3 is 2.52 bits per heavy atom. The third-order valence-electron chi connectivity index (χ3n) is 4.93. The zero-order valence-corrected chi connectivity index (χ0v) is 14.0. The van der Waals surface area contributed by atoms with Gasteiger partial charge in [0, 0.05) is 20.3 Å². The van der Waals surface area contributed by atoms with Crippen LogP contribution in [0.25, 0.3) is 0 Å². The minimum absolute atomic E-state index is 0.0977. The Morgan fingerprint density at radius 2 is 1.91 bits per heavy atom. The van der Waals surface area contributed by atoms with E-state index in [0.29, 0.717) is 11.4 Å². The Kier molecular flexibility index (Phi) is 4.15. The first-order valence-electron chi connectivity index (χ1n) is 8.21. The number of carbonyl (C=O) groups is 1. The quantitative estimate of drug-likeness (QED) is 0.946. The zero-order valence-electron chi connectivity index (χ0n) is 14.0. The van der Waals surface area contributed by atoms with Crippen molar-refractivity contribution in [2.45, 2.75) is 45.1 Å². The van der Waals surface area contributed by atoms with Crippen molar-refractivity contribution in [2.75, 3.05) is 5.32 Å². The monoisotopic (exact) mass is 316 g/mol. The van der Waals surface area contributed by atoms with E-state index in [2.05, 4.69) is 5.32 Å². The summed E-state index contributed by atoms with van der Waals surface area (Å²) in [5.41, 5.74) is 1.63. The summed E-state index contributed by atoms with van der Waals surface area (Å²) in [4.78, 5) is 25.2. The molecule has 0 aliphatic heterocycles. The van der Waals surface area contributed by atoms with Crippen LogP contribution in [0.2, 0.25) is 0 Å². The predicted octanol–water partition coefficient (Wildman–Crippen LogP) is 2.59. The van der Waals surface area contributed by atoms with Crippen LogP contribution in [-0.4, -0.2) is 19.8 Å². The van der Waals surface area contributed by atoms with Crippen molar-refractivity contribution >= 4 is 11.6 Å². The molecule has 0 saturated heterocycles. The van der Waals surface area contributed by atoms with Crippen LogP contribution >= 0.6 is 0 Å². The number of anilines is 1. The third kappa shape index (κ3) is 2.73. The number of carbonyl (C=O) groups excluding carboxylic acids is 1. The summed E-state index contributed by atoms with van der Waals surface area (Å²) in [5, 5.41) is 2.81. The van der Waals surface area contributed by atoms with Gasteiger partial charge in [-0.05, 0) is 31.9 Å². The first-order valence-corrected chi connectivity index (χ1v) is 8.21. The van der Waals surface area contributed by atoms with Crippen molar-refractivity contribution in [3.63, 3.8) is 0 Å². The Labute approximate surface area is 135 Å². The number of hydrogen-bond acceptors (Lipinski definition) is 2. The van der Waals surface area contributed by atoms with Crippen LogP contribution < -0.4 is 10.9 Å². The summed E-state index contributed by atoms with van der Waals surface area (Å²) < 4.78 is 5.45. The van der Waals surface area contributed by atoms with E-state index in [1.165, 1.54) is 6.42 Å². The summed E-state index contributed by atoms with van der Waals surface area (Å²) in [6.07, 6.45) is 7.43. The van der Waals surface area contributed by atoms with Crippen LogP contribution in [0, 0.1) is 6.92 Å². The van der Waals surface area contributed by atoms with Gasteiger partial charge in [0.05, 0.1) is 11.7 Å². The fourth-order valence-electron chi connectivity index (χ4n) is 3.48. The van der Waals surface area contributed by atoms with E-state index in [9.17, 15) is 9.59 Å². The topological polar surface area (TPSA) is 61.0 Å². The molecule has 6 nitrogen and oxygen atoms in total. The molecular weight excluding hydrogens is 292 g/mol. The normalized spacial score (nSPS) is 15.8. The summed E-state index contributed by atoms with van der Waals surface area (Å²) in [5.74, 6) is -0.251. The van der Waals surface area contributed by atoms with Gasteiger partial charge < -0.3 is 9.88 Å². The molecule has 1 amide bonds. The van der Waals surface area contributed by atoms with Crippen molar-refractivity contribution in [2.24, 2.45) is 14.1 Å². The molecule has 1 fully saturated rings. The van der Waals surface area contributed by atoms with E-state index in [0.717, 1.165) is 31.4 Å². The number of aromatic nitrogens is 3. The van der Waals surface area contributed by atoms with Gasteiger partial charge in [0.25, 0.3) is 11.5 Å². The second kappa shape index (κ2) is 6.10. The van der Waals surface area contributed by atoms with Crippen molar-refractivity contribution in [1.82, 2.24) is 13.9 Å². The highest BCUT2D eigenvalue weighted by atomic mass is 16.2. The number of nitrogens with one attached hydrogen (secondary N) is 1.